The van der Waals surface area contributed by atoms with Gasteiger partial charge in [0.15, 0.2) is 0 Å². The lowest BCUT2D eigenvalue weighted by Gasteiger charge is -2.09. The van der Waals surface area contributed by atoms with E-state index in [-0.39, 0.29) is 0 Å². The minimum Gasteiger partial charge on any atom is -0.291 e. The Morgan fingerprint density at radius 1 is 1.09 bits per heavy atom. The molecule has 0 saturated heterocycles. The van der Waals surface area contributed by atoms with E-state index in [1.807, 2.05) is 32.9 Å². The minimum absolute atomic E-state index is 0.824. The molecule has 1 rings (SSSR count). The van der Waals surface area contributed by atoms with Crippen LogP contribution < -0.4 is 5.48 Å². The number of hydrogen-bond donors (Lipinski definition) is 2. The zero-order valence-corrected chi connectivity index (χ0v) is 7.10. The lowest BCUT2D eigenvalue weighted by molar-refractivity contribution is 0.388. The van der Waals surface area contributed by atoms with Gasteiger partial charge in [-0.15, -0.1) is 0 Å². The molecule has 0 aromatic heterocycles. The van der Waals surface area contributed by atoms with Crippen molar-refractivity contribution in [1.82, 2.24) is 0 Å². The van der Waals surface area contributed by atoms with Crippen LogP contribution in [0.5, 0.6) is 0 Å². The summed E-state index contributed by atoms with van der Waals surface area (Å²) in [6.07, 6.45) is 0. The van der Waals surface area contributed by atoms with Crippen molar-refractivity contribution >= 4 is 5.69 Å². The van der Waals surface area contributed by atoms with Gasteiger partial charge >= 0.3 is 0 Å². The molecule has 0 heterocycles. The third kappa shape index (κ3) is 1.35. The smallest absolute Gasteiger partial charge is 0.0663 e. The molecule has 0 fully saturated rings. The van der Waals surface area contributed by atoms with Crippen LogP contribution in [0.15, 0.2) is 12.1 Å². The van der Waals surface area contributed by atoms with Crippen molar-refractivity contribution < 1.29 is 5.21 Å². The van der Waals surface area contributed by atoms with Gasteiger partial charge in [-0.2, -0.15) is 0 Å². The van der Waals surface area contributed by atoms with Gasteiger partial charge in [-0.1, -0.05) is 12.1 Å². The summed E-state index contributed by atoms with van der Waals surface area (Å²) in [5.74, 6) is 0. The van der Waals surface area contributed by atoms with E-state index < -0.39 is 0 Å². The Morgan fingerprint density at radius 3 is 2.09 bits per heavy atom. The molecule has 0 atom stereocenters. The van der Waals surface area contributed by atoms with Gasteiger partial charge in [-0.25, -0.2) is 0 Å². The molecule has 0 radical (unpaired) electrons. The number of benzene rings is 1. The van der Waals surface area contributed by atoms with E-state index in [0.29, 0.717) is 0 Å². The standard InChI is InChI=1S/C9H13NO/c1-6-4-5-7(2)9(10-11)8(6)3/h4-5,10-11H,1-3H3. The fraction of sp³-hybridized carbons (Fsp3) is 0.333. The van der Waals surface area contributed by atoms with Crippen molar-refractivity contribution in [3.8, 4) is 0 Å². The van der Waals surface area contributed by atoms with Gasteiger partial charge < -0.3 is 0 Å². The maximum Gasteiger partial charge on any atom is 0.0663 e. The van der Waals surface area contributed by atoms with E-state index in [4.69, 9.17) is 5.21 Å². The zero-order valence-electron chi connectivity index (χ0n) is 7.10. The number of aryl methyl sites for hydroxylation is 2. The fourth-order valence-corrected chi connectivity index (χ4v) is 1.12. The summed E-state index contributed by atoms with van der Waals surface area (Å²) >= 11 is 0. The molecule has 0 bridgehead atoms. The SMILES string of the molecule is Cc1ccc(C)c(NO)c1C. The number of hydrogen-bond acceptors (Lipinski definition) is 2. The van der Waals surface area contributed by atoms with E-state index in [1.54, 1.807) is 0 Å². The van der Waals surface area contributed by atoms with Gasteiger partial charge in [-0.05, 0) is 37.5 Å². The maximum atomic E-state index is 8.77. The van der Waals surface area contributed by atoms with Crippen molar-refractivity contribution in [3.63, 3.8) is 0 Å². The van der Waals surface area contributed by atoms with E-state index in [9.17, 15) is 0 Å². The van der Waals surface area contributed by atoms with Gasteiger partial charge in [0, 0.05) is 0 Å². The molecule has 0 amide bonds. The van der Waals surface area contributed by atoms with Gasteiger partial charge in [0.1, 0.15) is 0 Å². The molecule has 11 heavy (non-hydrogen) atoms. The first-order chi connectivity index (χ1) is 5.16. The van der Waals surface area contributed by atoms with Crippen LogP contribution in [0.1, 0.15) is 16.7 Å². The summed E-state index contributed by atoms with van der Waals surface area (Å²) in [6, 6.07) is 4.03. The van der Waals surface area contributed by atoms with Gasteiger partial charge in [0.05, 0.1) is 5.69 Å². The predicted molar refractivity (Wildman–Crippen MR) is 46.1 cm³/mol. The van der Waals surface area contributed by atoms with Crippen LogP contribution in [0.3, 0.4) is 0 Å². The van der Waals surface area contributed by atoms with E-state index >= 15 is 0 Å². The van der Waals surface area contributed by atoms with Crippen molar-refractivity contribution in [2.75, 3.05) is 5.48 Å². The molecule has 1 aromatic carbocycles. The maximum absolute atomic E-state index is 8.77. The molecule has 0 spiro atoms. The summed E-state index contributed by atoms with van der Waals surface area (Å²) in [7, 11) is 0. The van der Waals surface area contributed by atoms with Crippen molar-refractivity contribution in [3.05, 3.63) is 28.8 Å². The Hall–Kier alpha value is -1.02. The van der Waals surface area contributed by atoms with Crippen LogP contribution >= 0.6 is 0 Å². The van der Waals surface area contributed by atoms with Crippen LogP contribution in [0, 0.1) is 20.8 Å². The highest BCUT2D eigenvalue weighted by Crippen LogP contribution is 2.21. The van der Waals surface area contributed by atoms with Crippen LogP contribution in [0.25, 0.3) is 0 Å². The topological polar surface area (TPSA) is 32.3 Å². The Labute approximate surface area is 66.8 Å². The normalized spacial score (nSPS) is 9.82. The highest BCUT2D eigenvalue weighted by Gasteiger charge is 2.02. The molecule has 0 aliphatic rings. The average molecular weight is 151 g/mol. The fourth-order valence-electron chi connectivity index (χ4n) is 1.12. The third-order valence-corrected chi connectivity index (χ3v) is 2.06. The lowest BCUT2D eigenvalue weighted by Crippen LogP contribution is -1.97. The molecule has 2 N–H and O–H groups in total. The first-order valence-corrected chi connectivity index (χ1v) is 3.63. The molecule has 2 heteroatoms. The summed E-state index contributed by atoms with van der Waals surface area (Å²) < 4.78 is 0. The summed E-state index contributed by atoms with van der Waals surface area (Å²) in [6.45, 7) is 5.97. The van der Waals surface area contributed by atoms with Crippen molar-refractivity contribution in [2.45, 2.75) is 20.8 Å². The second-order valence-electron chi connectivity index (χ2n) is 2.81. The van der Waals surface area contributed by atoms with E-state index in [0.717, 1.165) is 16.8 Å². The summed E-state index contributed by atoms with van der Waals surface area (Å²) in [4.78, 5) is 0. The third-order valence-electron chi connectivity index (χ3n) is 2.06. The summed E-state index contributed by atoms with van der Waals surface area (Å²) in [5, 5.41) is 8.77. The minimum atomic E-state index is 0.824. The van der Waals surface area contributed by atoms with Crippen LogP contribution in [-0.4, -0.2) is 5.21 Å². The molecule has 2 nitrogen and oxygen atoms in total. The van der Waals surface area contributed by atoms with Gasteiger partial charge in [0.2, 0.25) is 0 Å². The van der Waals surface area contributed by atoms with Gasteiger partial charge in [0.25, 0.3) is 0 Å². The number of rotatable bonds is 1. The molecule has 1 aromatic rings. The van der Waals surface area contributed by atoms with E-state index in [1.165, 1.54) is 5.56 Å². The van der Waals surface area contributed by atoms with Gasteiger partial charge in [-0.3, -0.25) is 10.7 Å². The van der Waals surface area contributed by atoms with Crippen molar-refractivity contribution in [1.29, 1.82) is 0 Å². The zero-order chi connectivity index (χ0) is 8.43. The quantitative estimate of drug-likeness (QED) is 0.604. The molecule has 0 unspecified atom stereocenters. The average Bonchev–Trinajstić information content (AvgIpc) is 1.99. The monoisotopic (exact) mass is 151 g/mol. The van der Waals surface area contributed by atoms with E-state index in [2.05, 4.69) is 5.48 Å². The van der Waals surface area contributed by atoms with Crippen LogP contribution in [-0.2, 0) is 0 Å². The molecular formula is C9H13NO. The molecular weight excluding hydrogens is 138 g/mol. The Kier molecular flexibility index (Phi) is 2.15. The Bertz CT molecular complexity index is 269. The Morgan fingerprint density at radius 2 is 1.64 bits per heavy atom. The van der Waals surface area contributed by atoms with Crippen LogP contribution in [0.4, 0.5) is 5.69 Å². The van der Waals surface area contributed by atoms with Crippen LogP contribution in [0.2, 0.25) is 0 Å². The largest absolute Gasteiger partial charge is 0.291 e. The number of anilines is 1. The first kappa shape index (κ1) is 8.08. The molecule has 0 aliphatic carbocycles. The number of nitrogens with one attached hydrogen (secondary N) is 1. The predicted octanol–water partition coefficient (Wildman–Crippen LogP) is 2.41. The first-order valence-electron chi connectivity index (χ1n) is 3.63. The molecule has 0 aliphatic heterocycles. The second-order valence-corrected chi connectivity index (χ2v) is 2.81. The Balaban J connectivity index is 3.29. The lowest BCUT2D eigenvalue weighted by atomic mass is 10.0. The summed E-state index contributed by atoms with van der Waals surface area (Å²) in [5.41, 5.74) is 6.39. The highest BCUT2D eigenvalue weighted by atomic mass is 16.5. The molecule has 0 saturated carbocycles. The second kappa shape index (κ2) is 2.93. The highest BCUT2D eigenvalue weighted by molar-refractivity contribution is 5.57. The van der Waals surface area contributed by atoms with Crippen molar-refractivity contribution in [2.24, 2.45) is 0 Å². The molecule has 60 valence electrons.